The van der Waals surface area contributed by atoms with Crippen LogP contribution in [0.2, 0.25) is 5.02 Å². The van der Waals surface area contributed by atoms with Crippen LogP contribution in [0.25, 0.3) is 0 Å². The van der Waals surface area contributed by atoms with E-state index in [1.54, 1.807) is 60.7 Å². The van der Waals surface area contributed by atoms with Gasteiger partial charge < -0.3 is 9.47 Å². The zero-order chi connectivity index (χ0) is 22.8. The maximum Gasteiger partial charge on any atom is 0.343 e. The highest BCUT2D eigenvalue weighted by atomic mass is 35.5. The molecular formula is C25H21ClN2O4. The highest BCUT2D eigenvalue weighted by Gasteiger charge is 2.09. The molecule has 3 rings (SSSR count). The highest BCUT2D eigenvalue weighted by molar-refractivity contribution is 6.30. The Morgan fingerprint density at radius 1 is 1.03 bits per heavy atom. The first-order valence-corrected chi connectivity index (χ1v) is 10.1. The van der Waals surface area contributed by atoms with Crippen molar-refractivity contribution < 1.29 is 19.1 Å². The number of amides is 1. The van der Waals surface area contributed by atoms with Crippen LogP contribution in [-0.4, -0.2) is 24.7 Å². The van der Waals surface area contributed by atoms with Gasteiger partial charge >= 0.3 is 5.97 Å². The Morgan fingerprint density at radius 2 is 1.81 bits per heavy atom. The van der Waals surface area contributed by atoms with Crippen LogP contribution >= 0.6 is 11.6 Å². The van der Waals surface area contributed by atoms with E-state index in [1.165, 1.54) is 6.21 Å². The number of allylic oxidation sites excluding steroid dienone is 1. The Labute approximate surface area is 191 Å². The van der Waals surface area contributed by atoms with Crippen molar-refractivity contribution in [1.82, 2.24) is 5.43 Å². The van der Waals surface area contributed by atoms with Crippen molar-refractivity contribution in [3.8, 4) is 11.5 Å². The van der Waals surface area contributed by atoms with Crippen LogP contribution in [-0.2, 0) is 11.2 Å². The number of carbonyl (C=O) groups excluding carboxylic acids is 2. The second-order valence-electron chi connectivity index (χ2n) is 6.65. The van der Waals surface area contributed by atoms with E-state index in [2.05, 4.69) is 17.1 Å². The van der Waals surface area contributed by atoms with Gasteiger partial charge in [0.05, 0.1) is 11.8 Å². The number of hydrogen-bond donors (Lipinski definition) is 1. The number of halogens is 1. The molecule has 3 aromatic rings. The fraction of sp³-hybridized carbons (Fsp3) is 0.0800. The molecule has 0 aliphatic heterocycles. The zero-order valence-electron chi connectivity index (χ0n) is 17.2. The molecule has 0 saturated heterocycles. The average Bonchev–Trinajstić information content (AvgIpc) is 2.79. The first-order valence-electron chi connectivity index (χ1n) is 9.76. The average molecular weight is 449 g/mol. The summed E-state index contributed by atoms with van der Waals surface area (Å²) in [4.78, 5) is 24.2. The normalized spacial score (nSPS) is 10.5. The molecule has 3 aromatic carbocycles. The Kier molecular flexibility index (Phi) is 8.17. The number of hydrogen-bond acceptors (Lipinski definition) is 5. The van der Waals surface area contributed by atoms with E-state index in [0.29, 0.717) is 34.1 Å². The fourth-order valence-electron chi connectivity index (χ4n) is 2.73. The standard InChI is InChI=1S/C25H21ClN2O4/c1-2-6-19-8-3-4-10-23(19)31-17-24(29)28-27-16-18-7-5-9-22(15-18)32-25(30)20-11-13-21(26)14-12-20/h2-5,7-16H,1,6,17H2,(H,28,29)/b27-16+. The third-order valence-corrected chi connectivity index (χ3v) is 4.50. The summed E-state index contributed by atoms with van der Waals surface area (Å²) in [7, 11) is 0. The minimum Gasteiger partial charge on any atom is -0.483 e. The molecule has 0 bridgehead atoms. The molecule has 1 amide bonds. The molecule has 32 heavy (non-hydrogen) atoms. The van der Waals surface area contributed by atoms with E-state index in [4.69, 9.17) is 21.1 Å². The van der Waals surface area contributed by atoms with Gasteiger partial charge in [-0.15, -0.1) is 6.58 Å². The Morgan fingerprint density at radius 3 is 2.59 bits per heavy atom. The van der Waals surface area contributed by atoms with Crippen LogP contribution in [0.3, 0.4) is 0 Å². The number of hydrazone groups is 1. The minimum absolute atomic E-state index is 0.176. The monoisotopic (exact) mass is 448 g/mol. The maximum atomic E-state index is 12.2. The van der Waals surface area contributed by atoms with Gasteiger partial charge in [0.1, 0.15) is 11.5 Å². The van der Waals surface area contributed by atoms with Gasteiger partial charge in [-0.25, -0.2) is 10.2 Å². The number of nitrogens with zero attached hydrogens (tertiary/aromatic N) is 1. The van der Waals surface area contributed by atoms with E-state index >= 15 is 0 Å². The third-order valence-electron chi connectivity index (χ3n) is 4.25. The molecule has 0 fully saturated rings. The molecule has 0 saturated carbocycles. The molecule has 0 aliphatic rings. The maximum absolute atomic E-state index is 12.2. The molecule has 0 atom stereocenters. The molecule has 0 aliphatic carbocycles. The van der Waals surface area contributed by atoms with Crippen molar-refractivity contribution in [3.05, 3.63) is 107 Å². The Bertz CT molecular complexity index is 1130. The van der Waals surface area contributed by atoms with Gasteiger partial charge in [-0.1, -0.05) is 48.0 Å². The van der Waals surface area contributed by atoms with Crippen LogP contribution in [0, 0.1) is 0 Å². The summed E-state index contributed by atoms with van der Waals surface area (Å²) in [5, 5.41) is 4.46. The molecule has 7 heteroatoms. The van der Waals surface area contributed by atoms with Crippen molar-refractivity contribution in [3.63, 3.8) is 0 Å². The summed E-state index contributed by atoms with van der Waals surface area (Å²) in [5.74, 6) is 0.0713. The molecule has 162 valence electrons. The van der Waals surface area contributed by atoms with Gasteiger partial charge in [-0.2, -0.15) is 5.10 Å². The minimum atomic E-state index is -0.502. The molecule has 0 spiro atoms. The van der Waals surface area contributed by atoms with Crippen LogP contribution in [0.1, 0.15) is 21.5 Å². The third kappa shape index (κ3) is 6.82. The Balaban J connectivity index is 1.52. The van der Waals surface area contributed by atoms with Crippen molar-refractivity contribution in [1.29, 1.82) is 0 Å². The van der Waals surface area contributed by atoms with E-state index in [9.17, 15) is 9.59 Å². The lowest BCUT2D eigenvalue weighted by molar-refractivity contribution is -0.123. The Hall–Kier alpha value is -3.90. The molecule has 1 N–H and O–H groups in total. The quantitative estimate of drug-likeness (QED) is 0.167. The lowest BCUT2D eigenvalue weighted by atomic mass is 10.1. The lowest BCUT2D eigenvalue weighted by Gasteiger charge is -2.09. The number of nitrogens with one attached hydrogen (secondary N) is 1. The van der Waals surface area contributed by atoms with E-state index in [0.717, 1.165) is 5.56 Å². The van der Waals surface area contributed by atoms with Crippen LogP contribution in [0.4, 0.5) is 0 Å². The summed E-state index contributed by atoms with van der Waals surface area (Å²) in [6.07, 6.45) is 3.87. The van der Waals surface area contributed by atoms with E-state index < -0.39 is 11.9 Å². The van der Waals surface area contributed by atoms with Crippen molar-refractivity contribution in [2.24, 2.45) is 5.10 Å². The van der Waals surface area contributed by atoms with Gasteiger partial charge in [0.2, 0.25) is 0 Å². The first kappa shape index (κ1) is 22.8. The van der Waals surface area contributed by atoms with Gasteiger partial charge in [0.25, 0.3) is 5.91 Å². The summed E-state index contributed by atoms with van der Waals surface area (Å²) < 4.78 is 10.9. The van der Waals surface area contributed by atoms with Crippen LogP contribution < -0.4 is 14.9 Å². The molecular weight excluding hydrogens is 428 g/mol. The van der Waals surface area contributed by atoms with Crippen molar-refractivity contribution >= 4 is 29.7 Å². The fourth-order valence-corrected chi connectivity index (χ4v) is 2.86. The first-order chi connectivity index (χ1) is 15.5. The topological polar surface area (TPSA) is 77.0 Å². The number of rotatable bonds is 9. The lowest BCUT2D eigenvalue weighted by Crippen LogP contribution is -2.24. The highest BCUT2D eigenvalue weighted by Crippen LogP contribution is 2.19. The summed E-state index contributed by atoms with van der Waals surface area (Å²) in [6.45, 7) is 3.54. The van der Waals surface area contributed by atoms with Crippen LogP contribution in [0.5, 0.6) is 11.5 Å². The summed E-state index contributed by atoms with van der Waals surface area (Å²) in [5.41, 5.74) is 4.38. The zero-order valence-corrected chi connectivity index (χ0v) is 17.9. The smallest absolute Gasteiger partial charge is 0.343 e. The van der Waals surface area contributed by atoms with E-state index in [1.807, 2.05) is 18.2 Å². The van der Waals surface area contributed by atoms with Gasteiger partial charge in [0.15, 0.2) is 6.61 Å². The predicted molar refractivity (Wildman–Crippen MR) is 124 cm³/mol. The number of benzene rings is 3. The largest absolute Gasteiger partial charge is 0.483 e. The molecule has 0 heterocycles. The van der Waals surface area contributed by atoms with Gasteiger partial charge in [-0.05, 0) is 60.0 Å². The summed E-state index contributed by atoms with van der Waals surface area (Å²) in [6, 6.07) is 20.6. The van der Waals surface area contributed by atoms with Crippen molar-refractivity contribution in [2.45, 2.75) is 6.42 Å². The van der Waals surface area contributed by atoms with Gasteiger partial charge in [-0.3, -0.25) is 4.79 Å². The number of carbonyl (C=O) groups is 2. The number of para-hydroxylation sites is 1. The number of esters is 1. The molecule has 6 nitrogen and oxygen atoms in total. The predicted octanol–water partition coefficient (Wildman–Crippen LogP) is 4.82. The van der Waals surface area contributed by atoms with Gasteiger partial charge in [0, 0.05) is 5.02 Å². The van der Waals surface area contributed by atoms with Crippen molar-refractivity contribution in [2.75, 3.05) is 6.61 Å². The molecule has 0 unspecified atom stereocenters. The SMILES string of the molecule is C=CCc1ccccc1OCC(=O)N/N=C/c1cccc(OC(=O)c2ccc(Cl)cc2)c1. The molecule has 0 radical (unpaired) electrons. The second-order valence-corrected chi connectivity index (χ2v) is 7.09. The molecule has 0 aromatic heterocycles. The van der Waals surface area contributed by atoms with E-state index in [-0.39, 0.29) is 6.61 Å². The summed E-state index contributed by atoms with van der Waals surface area (Å²) >= 11 is 5.83. The van der Waals surface area contributed by atoms with Crippen LogP contribution in [0.15, 0.2) is 90.6 Å². The number of ether oxygens (including phenoxy) is 2. The second kappa shape index (κ2) is 11.5.